The van der Waals surface area contributed by atoms with E-state index < -0.39 is 22.9 Å². The van der Waals surface area contributed by atoms with E-state index in [1.165, 1.54) is 44.6 Å². The topological polar surface area (TPSA) is 104 Å². The molecule has 0 aromatic heterocycles. The zero-order chi connectivity index (χ0) is 21.7. The van der Waals surface area contributed by atoms with Crippen LogP contribution in [0.3, 0.4) is 0 Å². The smallest absolute Gasteiger partial charge is 0.263 e. The van der Waals surface area contributed by atoms with Crippen molar-refractivity contribution in [3.05, 3.63) is 53.8 Å². The number of phenolic OH excluding ortho intramolecular Hbond substituents is 1. The van der Waals surface area contributed by atoms with Gasteiger partial charge in [0.05, 0.1) is 19.0 Å². The highest BCUT2D eigenvalue weighted by molar-refractivity contribution is 8.15. The van der Waals surface area contributed by atoms with Crippen molar-refractivity contribution >= 4 is 40.6 Å². The Labute approximate surface area is 176 Å². The zero-order valence-corrected chi connectivity index (χ0v) is 17.0. The Balaban J connectivity index is 1.69. The number of hydrogen-bond donors (Lipinski definition) is 2. The summed E-state index contributed by atoms with van der Waals surface area (Å²) in [5.74, 6) is -1.20. The summed E-state index contributed by atoms with van der Waals surface area (Å²) in [5, 5.41) is 17.0. The second-order valence-corrected chi connectivity index (χ2v) is 7.34. The third-order valence-corrected chi connectivity index (χ3v) is 5.37. The molecular weight excluding hydrogens is 411 g/mol. The van der Waals surface area contributed by atoms with Crippen LogP contribution >= 0.6 is 11.8 Å². The van der Waals surface area contributed by atoms with Gasteiger partial charge in [0.2, 0.25) is 5.91 Å². The lowest BCUT2D eigenvalue weighted by Crippen LogP contribution is -2.29. The van der Waals surface area contributed by atoms with Gasteiger partial charge in [0, 0.05) is 13.5 Å². The maximum atomic E-state index is 13.7. The number of aliphatic imine (C=N–C) groups is 1. The number of rotatable bonds is 6. The summed E-state index contributed by atoms with van der Waals surface area (Å²) < 4.78 is 18.7. The van der Waals surface area contributed by atoms with Gasteiger partial charge in [-0.1, -0.05) is 23.9 Å². The minimum absolute atomic E-state index is 0.0146. The van der Waals surface area contributed by atoms with Crippen LogP contribution in [0.25, 0.3) is 0 Å². The van der Waals surface area contributed by atoms with E-state index >= 15 is 0 Å². The van der Waals surface area contributed by atoms with Crippen molar-refractivity contribution in [3.8, 4) is 11.5 Å². The van der Waals surface area contributed by atoms with E-state index in [1.807, 2.05) is 0 Å². The quantitative estimate of drug-likeness (QED) is 0.686. The summed E-state index contributed by atoms with van der Waals surface area (Å²) in [7, 11) is 2.94. The van der Waals surface area contributed by atoms with Crippen LogP contribution < -0.4 is 10.1 Å². The Morgan fingerprint density at radius 1 is 1.37 bits per heavy atom. The van der Waals surface area contributed by atoms with Crippen molar-refractivity contribution in [2.45, 2.75) is 11.7 Å². The summed E-state index contributed by atoms with van der Waals surface area (Å²) in [4.78, 5) is 29.0. The van der Waals surface area contributed by atoms with Crippen molar-refractivity contribution in [2.75, 3.05) is 19.5 Å². The number of phenols is 1. The van der Waals surface area contributed by atoms with Crippen molar-refractivity contribution < 1.29 is 23.8 Å². The number of carbonyl (C=O) groups is 2. The number of thioether (sulfide) groups is 1. The molecule has 30 heavy (non-hydrogen) atoms. The second kappa shape index (κ2) is 9.40. The van der Waals surface area contributed by atoms with Crippen LogP contribution in [0.1, 0.15) is 12.0 Å². The maximum Gasteiger partial charge on any atom is 0.263 e. The molecule has 2 N–H and O–H groups in total. The number of halogens is 1. The Morgan fingerprint density at radius 3 is 2.83 bits per heavy atom. The molecule has 1 fully saturated rings. The van der Waals surface area contributed by atoms with E-state index in [0.29, 0.717) is 10.7 Å². The van der Waals surface area contributed by atoms with E-state index in [1.54, 1.807) is 18.2 Å². The minimum Gasteiger partial charge on any atom is -0.504 e. The van der Waals surface area contributed by atoms with Gasteiger partial charge in [-0.2, -0.15) is 10.1 Å². The van der Waals surface area contributed by atoms with Crippen molar-refractivity contribution in [2.24, 2.45) is 10.1 Å². The SMILES string of the molecule is CN=C1SC(CC(=O)Nc2ccccc2F)C(=O)N1N=Cc1ccc(O)c(OC)c1. The normalized spacial score (nSPS) is 17.7. The number of aromatic hydroxyl groups is 1. The predicted octanol–water partition coefficient (Wildman–Crippen LogP) is 2.83. The highest BCUT2D eigenvalue weighted by Gasteiger charge is 2.39. The average molecular weight is 430 g/mol. The van der Waals surface area contributed by atoms with Crippen molar-refractivity contribution in [1.29, 1.82) is 0 Å². The maximum absolute atomic E-state index is 13.7. The number of nitrogens with one attached hydrogen (secondary N) is 1. The fourth-order valence-corrected chi connectivity index (χ4v) is 3.70. The number of methoxy groups -OCH3 is 1. The number of amidine groups is 1. The van der Waals surface area contributed by atoms with Gasteiger partial charge in [-0.3, -0.25) is 14.6 Å². The van der Waals surface area contributed by atoms with Crippen LogP contribution in [0.15, 0.2) is 52.6 Å². The number of ether oxygens (including phenoxy) is 1. The fourth-order valence-electron chi connectivity index (χ4n) is 2.67. The number of carbonyl (C=O) groups excluding carboxylic acids is 2. The van der Waals surface area contributed by atoms with Crippen LogP contribution in [-0.2, 0) is 9.59 Å². The van der Waals surface area contributed by atoms with Crippen LogP contribution in [0.2, 0.25) is 0 Å². The van der Waals surface area contributed by atoms with Gasteiger partial charge < -0.3 is 15.2 Å². The highest BCUT2D eigenvalue weighted by Crippen LogP contribution is 2.30. The molecule has 1 aliphatic rings. The van der Waals surface area contributed by atoms with Gasteiger partial charge >= 0.3 is 0 Å². The molecule has 1 atom stereocenters. The lowest BCUT2D eigenvalue weighted by atomic mass is 10.2. The van der Waals surface area contributed by atoms with Gasteiger partial charge in [0.25, 0.3) is 5.91 Å². The van der Waals surface area contributed by atoms with E-state index in [9.17, 15) is 19.1 Å². The van der Waals surface area contributed by atoms with Crippen LogP contribution in [0.4, 0.5) is 10.1 Å². The van der Waals surface area contributed by atoms with E-state index in [4.69, 9.17) is 4.74 Å². The molecule has 0 aliphatic carbocycles. The summed E-state index contributed by atoms with van der Waals surface area (Å²) in [6.45, 7) is 0. The Kier molecular flexibility index (Phi) is 6.68. The first-order chi connectivity index (χ1) is 14.4. The van der Waals surface area contributed by atoms with Gasteiger partial charge in [-0.05, 0) is 35.9 Å². The number of amides is 2. The number of hydrogen-bond acceptors (Lipinski definition) is 7. The third kappa shape index (κ3) is 4.77. The number of nitrogens with zero attached hydrogens (tertiary/aromatic N) is 3. The lowest BCUT2D eigenvalue weighted by molar-refractivity contribution is -0.128. The molecule has 0 bridgehead atoms. The highest BCUT2D eigenvalue weighted by atomic mass is 32.2. The van der Waals surface area contributed by atoms with Gasteiger partial charge in [0.15, 0.2) is 16.7 Å². The molecule has 8 nitrogen and oxygen atoms in total. The van der Waals surface area contributed by atoms with Crippen LogP contribution in [0.5, 0.6) is 11.5 Å². The molecule has 3 rings (SSSR count). The van der Waals surface area contributed by atoms with Crippen molar-refractivity contribution in [3.63, 3.8) is 0 Å². The van der Waals surface area contributed by atoms with E-state index in [2.05, 4.69) is 15.4 Å². The fraction of sp³-hybridized carbons (Fsp3) is 0.200. The van der Waals surface area contributed by atoms with Gasteiger partial charge in [-0.15, -0.1) is 0 Å². The largest absolute Gasteiger partial charge is 0.504 e. The third-order valence-electron chi connectivity index (χ3n) is 4.15. The Bertz CT molecular complexity index is 1030. The Morgan fingerprint density at radius 2 is 2.13 bits per heavy atom. The van der Waals surface area contributed by atoms with Gasteiger partial charge in [-0.25, -0.2) is 4.39 Å². The molecule has 2 aromatic rings. The minimum atomic E-state index is -0.734. The number of anilines is 1. The molecule has 1 saturated heterocycles. The molecule has 2 aromatic carbocycles. The summed E-state index contributed by atoms with van der Waals surface area (Å²) in [5.41, 5.74) is 0.650. The first kappa shape index (κ1) is 21.3. The second-order valence-electron chi connectivity index (χ2n) is 6.17. The molecule has 0 spiro atoms. The molecule has 0 radical (unpaired) electrons. The first-order valence-electron chi connectivity index (χ1n) is 8.85. The lowest BCUT2D eigenvalue weighted by Gasteiger charge is -2.10. The standard InChI is InChI=1S/C20H19FN4O4S/c1-22-20-25(23-11-12-7-8-15(26)16(9-12)29-2)19(28)17(30-20)10-18(27)24-14-6-4-3-5-13(14)21/h3-9,11,17,26H,10H2,1-2H3,(H,24,27). The first-order valence-corrected chi connectivity index (χ1v) is 9.73. The van der Waals surface area contributed by atoms with Crippen LogP contribution in [-0.4, -0.2) is 52.7 Å². The molecule has 10 heteroatoms. The van der Waals surface area contributed by atoms with E-state index in [0.717, 1.165) is 16.8 Å². The molecule has 156 valence electrons. The van der Waals surface area contributed by atoms with E-state index in [-0.39, 0.29) is 23.6 Å². The molecular formula is C20H19FN4O4S. The summed E-state index contributed by atoms with van der Waals surface area (Å²) in [6.07, 6.45) is 1.27. The summed E-state index contributed by atoms with van der Waals surface area (Å²) in [6, 6.07) is 10.4. The zero-order valence-electron chi connectivity index (χ0n) is 16.2. The number of benzene rings is 2. The number of para-hydroxylation sites is 1. The summed E-state index contributed by atoms with van der Waals surface area (Å²) >= 11 is 1.11. The average Bonchev–Trinajstić information content (AvgIpc) is 3.03. The molecule has 1 aliphatic heterocycles. The van der Waals surface area contributed by atoms with Crippen molar-refractivity contribution in [1.82, 2.24) is 5.01 Å². The van der Waals surface area contributed by atoms with Gasteiger partial charge in [0.1, 0.15) is 11.1 Å². The molecule has 2 amide bonds. The number of hydrazone groups is 1. The monoisotopic (exact) mass is 430 g/mol. The Hall–Kier alpha value is -3.40. The predicted molar refractivity (Wildman–Crippen MR) is 113 cm³/mol. The molecule has 1 unspecified atom stereocenters. The van der Waals surface area contributed by atoms with Crippen LogP contribution in [0, 0.1) is 5.82 Å². The molecule has 1 heterocycles. The molecule has 0 saturated carbocycles.